The standard InChI is InChI=1S/C30H36N4O4.H2/c1-38-27-19-26-23(25(20-32-26)28(35)29(36)31-11-16-33-12-5-6-13-33)18-24(27)30(37)34-14-9-22(10-15-34)17-21-7-3-2-4-8-21;/h2-4,7-8,18-20,22,32H,5-6,9-17H2,1H3,(H,31,36);1H. The number of ketones is 1. The predicted octanol–water partition coefficient (Wildman–Crippen LogP) is 3.91. The Bertz CT molecular complexity index is 1300. The molecule has 5 rings (SSSR count). The number of fused-ring (bicyclic) bond motifs is 1. The van der Waals surface area contributed by atoms with Gasteiger partial charge < -0.3 is 24.8 Å². The lowest BCUT2D eigenvalue weighted by atomic mass is 9.90. The maximum atomic E-state index is 13.6. The van der Waals surface area contributed by atoms with Gasteiger partial charge in [-0.2, -0.15) is 0 Å². The molecule has 0 spiro atoms. The second kappa shape index (κ2) is 11.8. The van der Waals surface area contributed by atoms with E-state index in [2.05, 4.69) is 39.5 Å². The number of ether oxygens (including phenoxy) is 1. The maximum Gasteiger partial charge on any atom is 0.292 e. The lowest BCUT2D eigenvalue weighted by molar-refractivity contribution is -0.117. The van der Waals surface area contributed by atoms with Crippen LogP contribution in [0.1, 0.15) is 53.4 Å². The topological polar surface area (TPSA) is 94.7 Å². The first-order chi connectivity index (χ1) is 18.5. The highest BCUT2D eigenvalue weighted by Gasteiger charge is 2.28. The van der Waals surface area contributed by atoms with Crippen LogP contribution in [0, 0.1) is 5.92 Å². The van der Waals surface area contributed by atoms with Gasteiger partial charge in [-0.3, -0.25) is 14.4 Å². The van der Waals surface area contributed by atoms with Gasteiger partial charge in [0.1, 0.15) is 5.75 Å². The maximum absolute atomic E-state index is 13.6. The first-order valence-electron chi connectivity index (χ1n) is 13.6. The van der Waals surface area contributed by atoms with Gasteiger partial charge in [-0.25, -0.2) is 0 Å². The van der Waals surface area contributed by atoms with Gasteiger partial charge in [-0.15, -0.1) is 0 Å². The van der Waals surface area contributed by atoms with E-state index in [9.17, 15) is 14.4 Å². The Kier molecular flexibility index (Phi) is 8.08. The van der Waals surface area contributed by atoms with Crippen molar-refractivity contribution in [3.8, 4) is 5.75 Å². The summed E-state index contributed by atoms with van der Waals surface area (Å²) in [5.74, 6) is -0.359. The van der Waals surface area contributed by atoms with Gasteiger partial charge in [0.15, 0.2) is 0 Å². The molecule has 2 N–H and O–H groups in total. The number of hydrogen-bond donors (Lipinski definition) is 2. The van der Waals surface area contributed by atoms with Crippen molar-refractivity contribution >= 4 is 28.5 Å². The van der Waals surface area contributed by atoms with Gasteiger partial charge in [0, 0.05) is 50.8 Å². The van der Waals surface area contributed by atoms with Crippen LogP contribution >= 0.6 is 0 Å². The fraction of sp³-hybridized carbons (Fsp3) is 0.433. The Balaban J connectivity index is 0.00000353. The predicted molar refractivity (Wildman–Crippen MR) is 149 cm³/mol. The fourth-order valence-corrected chi connectivity index (χ4v) is 5.67. The molecule has 2 aliphatic rings. The number of methoxy groups -OCH3 is 1. The Morgan fingerprint density at radius 1 is 1.03 bits per heavy atom. The summed E-state index contributed by atoms with van der Waals surface area (Å²) >= 11 is 0. The van der Waals surface area contributed by atoms with Crippen LogP contribution in [0.2, 0.25) is 0 Å². The molecule has 2 aliphatic heterocycles. The van der Waals surface area contributed by atoms with Crippen molar-refractivity contribution in [3.63, 3.8) is 0 Å². The number of piperidine rings is 1. The Labute approximate surface area is 224 Å². The molecule has 1 aromatic heterocycles. The van der Waals surface area contributed by atoms with Crippen molar-refractivity contribution < 1.29 is 20.5 Å². The number of carbonyl (C=O) groups is 3. The van der Waals surface area contributed by atoms with E-state index in [4.69, 9.17) is 4.74 Å². The fourth-order valence-electron chi connectivity index (χ4n) is 5.67. The molecule has 3 heterocycles. The van der Waals surface area contributed by atoms with E-state index in [-0.39, 0.29) is 12.9 Å². The summed E-state index contributed by atoms with van der Waals surface area (Å²) < 4.78 is 5.55. The SMILES string of the molecule is COc1cc2[nH]cc(C(=O)C(=O)NCCN3CCCC3)c2cc1C(=O)N1CCC(Cc2ccccc2)CC1.[HH]. The van der Waals surface area contributed by atoms with E-state index in [1.54, 1.807) is 12.1 Å². The van der Waals surface area contributed by atoms with Crippen LogP contribution in [0.4, 0.5) is 0 Å². The van der Waals surface area contributed by atoms with Crippen molar-refractivity contribution in [2.45, 2.75) is 32.1 Å². The van der Waals surface area contributed by atoms with Gasteiger partial charge in [-0.1, -0.05) is 30.3 Å². The third-order valence-corrected chi connectivity index (χ3v) is 7.86. The Hall–Kier alpha value is -3.65. The molecular formula is C30H38N4O4. The smallest absolute Gasteiger partial charge is 0.292 e. The number of carbonyl (C=O) groups excluding carboxylic acids is 3. The van der Waals surface area contributed by atoms with Gasteiger partial charge in [0.2, 0.25) is 0 Å². The zero-order valence-electron chi connectivity index (χ0n) is 22.0. The van der Waals surface area contributed by atoms with Crippen molar-refractivity contribution in [2.24, 2.45) is 5.92 Å². The number of benzene rings is 2. The summed E-state index contributed by atoms with van der Waals surface area (Å²) in [7, 11) is 1.53. The molecular weight excluding hydrogens is 480 g/mol. The molecule has 2 saturated heterocycles. The average molecular weight is 519 g/mol. The molecule has 2 amide bonds. The van der Waals surface area contributed by atoms with E-state index in [1.807, 2.05) is 11.0 Å². The van der Waals surface area contributed by atoms with Crippen LogP contribution in [0.25, 0.3) is 10.9 Å². The molecule has 0 saturated carbocycles. The third kappa shape index (κ3) is 5.75. The highest BCUT2D eigenvalue weighted by Crippen LogP contribution is 2.31. The number of amides is 2. The zero-order chi connectivity index (χ0) is 26.5. The number of aromatic amines is 1. The molecule has 0 bridgehead atoms. The summed E-state index contributed by atoms with van der Waals surface area (Å²) in [5.41, 5.74) is 2.64. The van der Waals surface area contributed by atoms with E-state index in [0.29, 0.717) is 47.8 Å². The van der Waals surface area contributed by atoms with Crippen molar-refractivity contribution in [2.75, 3.05) is 46.4 Å². The number of likely N-dealkylation sites (tertiary alicyclic amines) is 2. The zero-order valence-corrected chi connectivity index (χ0v) is 22.0. The first-order valence-corrected chi connectivity index (χ1v) is 13.6. The lowest BCUT2D eigenvalue weighted by Crippen LogP contribution is -2.39. The van der Waals surface area contributed by atoms with Crippen LogP contribution in [-0.2, 0) is 11.2 Å². The molecule has 0 aliphatic carbocycles. The molecule has 3 aromatic rings. The molecule has 38 heavy (non-hydrogen) atoms. The minimum atomic E-state index is -0.630. The van der Waals surface area contributed by atoms with Crippen LogP contribution in [0.5, 0.6) is 5.75 Å². The van der Waals surface area contributed by atoms with E-state index >= 15 is 0 Å². The number of nitrogens with zero attached hydrogens (tertiary/aromatic N) is 2. The highest BCUT2D eigenvalue weighted by molar-refractivity contribution is 6.45. The number of nitrogens with one attached hydrogen (secondary N) is 2. The van der Waals surface area contributed by atoms with Gasteiger partial charge in [0.25, 0.3) is 17.6 Å². The third-order valence-electron chi connectivity index (χ3n) is 7.86. The molecule has 0 radical (unpaired) electrons. The average Bonchev–Trinajstić information content (AvgIpc) is 3.62. The molecule has 0 atom stereocenters. The largest absolute Gasteiger partial charge is 0.496 e. The summed E-state index contributed by atoms with van der Waals surface area (Å²) in [4.78, 5) is 46.4. The summed E-state index contributed by atoms with van der Waals surface area (Å²) in [5, 5.41) is 3.30. The normalized spacial score (nSPS) is 16.6. The summed E-state index contributed by atoms with van der Waals surface area (Å²) in [6.07, 6.45) is 6.80. The molecule has 8 nitrogen and oxygen atoms in total. The van der Waals surface area contributed by atoms with Crippen LogP contribution in [-0.4, -0.2) is 78.8 Å². The number of Topliss-reactive ketones (excluding diaryl/α,β-unsaturated/α-hetero) is 1. The van der Waals surface area contributed by atoms with Crippen LogP contribution in [0.3, 0.4) is 0 Å². The minimum absolute atomic E-state index is 0. The van der Waals surface area contributed by atoms with Gasteiger partial charge >= 0.3 is 0 Å². The van der Waals surface area contributed by atoms with E-state index in [1.165, 1.54) is 31.7 Å². The first kappa shape index (κ1) is 26.0. The molecule has 202 valence electrons. The summed E-state index contributed by atoms with van der Waals surface area (Å²) in [6, 6.07) is 13.9. The number of rotatable bonds is 9. The number of H-pyrrole nitrogens is 1. The monoisotopic (exact) mass is 518 g/mol. The second-order valence-corrected chi connectivity index (χ2v) is 10.4. The van der Waals surface area contributed by atoms with Crippen LogP contribution < -0.4 is 10.1 Å². The minimum Gasteiger partial charge on any atom is -0.496 e. The van der Waals surface area contributed by atoms with E-state index < -0.39 is 11.7 Å². The molecule has 2 fully saturated rings. The second-order valence-electron chi connectivity index (χ2n) is 10.4. The van der Waals surface area contributed by atoms with Crippen LogP contribution in [0.15, 0.2) is 48.7 Å². The number of hydrogen-bond acceptors (Lipinski definition) is 5. The Morgan fingerprint density at radius 2 is 1.76 bits per heavy atom. The molecule has 8 heteroatoms. The number of aromatic nitrogens is 1. The lowest BCUT2D eigenvalue weighted by Gasteiger charge is -2.32. The summed E-state index contributed by atoms with van der Waals surface area (Å²) in [6.45, 7) is 4.60. The van der Waals surface area contributed by atoms with Crippen molar-refractivity contribution in [1.82, 2.24) is 20.1 Å². The Morgan fingerprint density at radius 3 is 2.47 bits per heavy atom. The molecule has 0 unspecified atom stereocenters. The molecule has 2 aromatic carbocycles. The van der Waals surface area contributed by atoms with E-state index in [0.717, 1.165) is 38.9 Å². The quantitative estimate of drug-likeness (QED) is 0.331. The van der Waals surface area contributed by atoms with Crippen molar-refractivity contribution in [1.29, 1.82) is 0 Å². The van der Waals surface area contributed by atoms with Gasteiger partial charge in [-0.05, 0) is 62.7 Å². The van der Waals surface area contributed by atoms with Crippen molar-refractivity contribution in [3.05, 3.63) is 65.4 Å². The highest BCUT2D eigenvalue weighted by atomic mass is 16.5. The van der Waals surface area contributed by atoms with Gasteiger partial charge in [0.05, 0.1) is 18.2 Å².